The molecule has 2 rings (SSSR count). The Morgan fingerprint density at radius 1 is 1.35 bits per heavy atom. The molecule has 1 N–H and O–H groups in total. The van der Waals surface area contributed by atoms with Gasteiger partial charge in [0.05, 0.1) is 0 Å². The number of rotatable bonds is 3. The Bertz CT molecular complexity index is 559. The Labute approximate surface area is 96.2 Å². The summed E-state index contributed by atoms with van der Waals surface area (Å²) in [5.41, 5.74) is 0.503. The quantitative estimate of drug-likeness (QED) is 0.888. The molecule has 0 aliphatic heterocycles. The van der Waals surface area contributed by atoms with Crippen LogP contribution in [0.1, 0.15) is 16.1 Å². The second kappa shape index (κ2) is 4.29. The van der Waals surface area contributed by atoms with Crippen LogP contribution in [0.5, 0.6) is 11.7 Å². The van der Waals surface area contributed by atoms with Gasteiger partial charge in [0.25, 0.3) is 5.95 Å². The molecule has 0 amide bonds. The molecule has 0 spiro atoms. The minimum absolute atomic E-state index is 0.00523. The van der Waals surface area contributed by atoms with Crippen LogP contribution in [-0.4, -0.2) is 11.1 Å². The van der Waals surface area contributed by atoms with Gasteiger partial charge in [0.15, 0.2) is 0 Å². The number of carboxylic acid groups (broad SMARTS) is 1. The van der Waals surface area contributed by atoms with E-state index in [2.05, 4.69) is 0 Å². The maximum Gasteiger partial charge on any atom is 0.371 e. The largest absolute Gasteiger partial charge is 0.475 e. The van der Waals surface area contributed by atoms with Gasteiger partial charge in [0.2, 0.25) is 5.76 Å². The lowest BCUT2D eigenvalue weighted by molar-refractivity contribution is 0.0657. The molecular formula is C12H9FO4. The van der Waals surface area contributed by atoms with Crippen LogP contribution in [0.4, 0.5) is 4.39 Å². The molecule has 0 saturated heterocycles. The lowest BCUT2D eigenvalue weighted by atomic mass is 10.2. The molecular weight excluding hydrogens is 227 g/mol. The zero-order valence-corrected chi connectivity index (χ0v) is 8.94. The van der Waals surface area contributed by atoms with E-state index in [1.807, 2.05) is 0 Å². The minimum atomic E-state index is -1.19. The molecule has 0 radical (unpaired) electrons. The van der Waals surface area contributed by atoms with Crippen LogP contribution in [0.15, 0.2) is 34.7 Å². The number of carbonyl (C=O) groups is 1. The predicted octanol–water partition coefficient (Wildman–Crippen LogP) is 3.22. The molecule has 4 nitrogen and oxygen atoms in total. The number of benzene rings is 1. The minimum Gasteiger partial charge on any atom is -0.475 e. The first kappa shape index (κ1) is 11.2. The van der Waals surface area contributed by atoms with Gasteiger partial charge < -0.3 is 14.3 Å². The molecule has 0 fully saturated rings. The molecule has 1 aromatic heterocycles. The Hall–Kier alpha value is -2.30. The van der Waals surface area contributed by atoms with Crippen LogP contribution >= 0.6 is 0 Å². The van der Waals surface area contributed by atoms with Crippen LogP contribution < -0.4 is 4.74 Å². The predicted molar refractivity (Wildman–Crippen MR) is 56.9 cm³/mol. The highest BCUT2D eigenvalue weighted by Crippen LogP contribution is 2.25. The highest BCUT2D eigenvalue weighted by atomic mass is 19.1. The lowest BCUT2D eigenvalue weighted by Gasteiger charge is -2.03. The van der Waals surface area contributed by atoms with Crippen molar-refractivity contribution in [1.29, 1.82) is 0 Å². The van der Waals surface area contributed by atoms with E-state index in [4.69, 9.17) is 14.3 Å². The number of aromatic carboxylic acids is 1. The zero-order valence-electron chi connectivity index (χ0n) is 8.94. The zero-order chi connectivity index (χ0) is 12.4. The Morgan fingerprint density at radius 3 is 2.71 bits per heavy atom. The van der Waals surface area contributed by atoms with E-state index in [1.165, 1.54) is 18.2 Å². The molecule has 0 atom stereocenters. The molecule has 17 heavy (non-hydrogen) atoms. The van der Waals surface area contributed by atoms with Gasteiger partial charge in [0.1, 0.15) is 11.6 Å². The van der Waals surface area contributed by atoms with Crippen molar-refractivity contribution in [2.75, 3.05) is 0 Å². The summed E-state index contributed by atoms with van der Waals surface area (Å²) in [4.78, 5) is 10.6. The number of hydrogen-bond donors (Lipinski definition) is 1. The molecule has 88 valence electrons. The topological polar surface area (TPSA) is 59.7 Å². The third-order valence-electron chi connectivity index (χ3n) is 2.15. The SMILES string of the molecule is Cc1ccc(Oc2ccc(C(=O)O)o2)cc1F. The van der Waals surface area contributed by atoms with Crippen molar-refractivity contribution in [3.63, 3.8) is 0 Å². The summed E-state index contributed by atoms with van der Waals surface area (Å²) in [6.07, 6.45) is 0. The third-order valence-corrected chi connectivity index (χ3v) is 2.15. The number of halogens is 1. The number of furan rings is 1. The van der Waals surface area contributed by atoms with E-state index in [1.54, 1.807) is 19.1 Å². The Kier molecular flexibility index (Phi) is 2.82. The van der Waals surface area contributed by atoms with E-state index >= 15 is 0 Å². The summed E-state index contributed by atoms with van der Waals surface area (Å²) < 4.78 is 23.3. The molecule has 1 heterocycles. The maximum absolute atomic E-state index is 13.2. The number of ether oxygens (including phenoxy) is 1. The summed E-state index contributed by atoms with van der Waals surface area (Å²) in [6, 6.07) is 6.97. The number of carboxylic acids is 1. The smallest absolute Gasteiger partial charge is 0.371 e. The van der Waals surface area contributed by atoms with Gasteiger partial charge in [-0.3, -0.25) is 0 Å². The van der Waals surface area contributed by atoms with Gasteiger partial charge in [-0.1, -0.05) is 6.07 Å². The average molecular weight is 236 g/mol. The number of hydrogen-bond acceptors (Lipinski definition) is 3. The van der Waals surface area contributed by atoms with Crippen molar-refractivity contribution in [1.82, 2.24) is 0 Å². The molecule has 0 unspecified atom stereocenters. The van der Waals surface area contributed by atoms with Crippen LogP contribution in [-0.2, 0) is 0 Å². The first-order valence-electron chi connectivity index (χ1n) is 4.83. The normalized spacial score (nSPS) is 10.2. The fourth-order valence-corrected chi connectivity index (χ4v) is 1.24. The van der Waals surface area contributed by atoms with Crippen molar-refractivity contribution < 1.29 is 23.4 Å². The van der Waals surface area contributed by atoms with E-state index in [-0.39, 0.29) is 17.5 Å². The van der Waals surface area contributed by atoms with Gasteiger partial charge in [-0.15, -0.1) is 0 Å². The number of aryl methyl sites for hydroxylation is 1. The van der Waals surface area contributed by atoms with E-state index in [0.717, 1.165) is 0 Å². The van der Waals surface area contributed by atoms with Crippen LogP contribution in [0, 0.1) is 12.7 Å². The van der Waals surface area contributed by atoms with E-state index in [0.29, 0.717) is 5.56 Å². The third kappa shape index (κ3) is 2.44. The molecule has 0 saturated carbocycles. The summed E-state index contributed by atoms with van der Waals surface area (Å²) in [6.45, 7) is 1.63. The summed E-state index contributed by atoms with van der Waals surface area (Å²) in [5.74, 6) is -1.56. The summed E-state index contributed by atoms with van der Waals surface area (Å²) in [7, 11) is 0. The van der Waals surface area contributed by atoms with Gasteiger partial charge in [0, 0.05) is 12.1 Å². The van der Waals surface area contributed by atoms with Crippen molar-refractivity contribution in [3.05, 3.63) is 47.5 Å². The Balaban J connectivity index is 2.19. The molecule has 2 aromatic rings. The maximum atomic E-state index is 13.2. The van der Waals surface area contributed by atoms with Crippen molar-refractivity contribution >= 4 is 5.97 Å². The molecule has 0 aliphatic rings. The summed E-state index contributed by atoms with van der Waals surface area (Å²) in [5, 5.41) is 8.64. The molecule has 0 bridgehead atoms. The monoisotopic (exact) mass is 236 g/mol. The average Bonchev–Trinajstić information content (AvgIpc) is 2.72. The van der Waals surface area contributed by atoms with Gasteiger partial charge >= 0.3 is 5.97 Å². The first-order valence-corrected chi connectivity index (χ1v) is 4.83. The fourth-order valence-electron chi connectivity index (χ4n) is 1.24. The molecule has 5 heteroatoms. The second-order valence-electron chi connectivity index (χ2n) is 3.44. The highest BCUT2D eigenvalue weighted by molar-refractivity contribution is 5.84. The second-order valence-corrected chi connectivity index (χ2v) is 3.44. The van der Waals surface area contributed by atoms with E-state index < -0.39 is 11.8 Å². The van der Waals surface area contributed by atoms with Crippen molar-refractivity contribution in [3.8, 4) is 11.7 Å². The molecule has 0 aliphatic carbocycles. The van der Waals surface area contributed by atoms with Gasteiger partial charge in [-0.2, -0.15) is 0 Å². The Morgan fingerprint density at radius 2 is 2.12 bits per heavy atom. The van der Waals surface area contributed by atoms with Crippen LogP contribution in [0.3, 0.4) is 0 Å². The lowest BCUT2D eigenvalue weighted by Crippen LogP contribution is -1.91. The van der Waals surface area contributed by atoms with Crippen LogP contribution in [0.2, 0.25) is 0 Å². The standard InChI is InChI=1S/C12H9FO4/c1-7-2-3-8(6-9(7)13)16-11-5-4-10(17-11)12(14)15/h2-6H,1H3,(H,14,15). The fraction of sp³-hybridized carbons (Fsp3) is 0.0833. The molecule has 1 aromatic carbocycles. The van der Waals surface area contributed by atoms with Gasteiger partial charge in [-0.25, -0.2) is 9.18 Å². The summed E-state index contributed by atoms with van der Waals surface area (Å²) >= 11 is 0. The highest BCUT2D eigenvalue weighted by Gasteiger charge is 2.10. The van der Waals surface area contributed by atoms with Gasteiger partial charge in [-0.05, 0) is 24.6 Å². The van der Waals surface area contributed by atoms with Crippen LogP contribution in [0.25, 0.3) is 0 Å². The van der Waals surface area contributed by atoms with Crippen molar-refractivity contribution in [2.45, 2.75) is 6.92 Å². The van der Waals surface area contributed by atoms with Crippen molar-refractivity contribution in [2.24, 2.45) is 0 Å². The van der Waals surface area contributed by atoms with E-state index in [9.17, 15) is 9.18 Å². The first-order chi connectivity index (χ1) is 8.06.